The summed E-state index contributed by atoms with van der Waals surface area (Å²) in [4.78, 5) is 9.49. The Morgan fingerprint density at radius 2 is 2.19 bits per heavy atom. The molecule has 0 aliphatic heterocycles. The molecular formula is C17H20ClN3. The Labute approximate surface area is 130 Å². The van der Waals surface area contributed by atoms with Gasteiger partial charge in [-0.15, -0.1) is 0 Å². The lowest BCUT2D eigenvalue weighted by Gasteiger charge is -2.25. The number of benzene rings is 1. The molecule has 1 unspecified atom stereocenters. The number of aryl methyl sites for hydroxylation is 2. The van der Waals surface area contributed by atoms with Crippen molar-refractivity contribution in [3.05, 3.63) is 46.2 Å². The largest absolute Gasteiger partial charge is 0.319 e. The van der Waals surface area contributed by atoms with Gasteiger partial charge in [-0.3, -0.25) is 0 Å². The topological polar surface area (TPSA) is 37.8 Å². The molecule has 1 aromatic heterocycles. The number of rotatable bonds is 3. The molecule has 1 aliphatic carbocycles. The highest BCUT2D eigenvalue weighted by Gasteiger charge is 2.22. The maximum atomic E-state index is 6.07. The van der Waals surface area contributed by atoms with Crippen LogP contribution in [0.15, 0.2) is 24.3 Å². The standard InChI is InChI=1S/C17H20ClN3/c1-11-15-8-12(10-19-2)6-7-16(15)21-17(20-11)13-4-3-5-14(18)9-13/h3-5,9,12,19H,6-8,10H2,1-2H3. The van der Waals surface area contributed by atoms with Crippen LogP contribution >= 0.6 is 11.6 Å². The molecular weight excluding hydrogens is 282 g/mol. The fourth-order valence-electron chi connectivity index (χ4n) is 3.08. The molecule has 0 amide bonds. The highest BCUT2D eigenvalue weighted by atomic mass is 35.5. The van der Waals surface area contributed by atoms with Crippen molar-refractivity contribution in [2.24, 2.45) is 5.92 Å². The van der Waals surface area contributed by atoms with E-state index in [-0.39, 0.29) is 0 Å². The number of hydrogen-bond donors (Lipinski definition) is 1. The number of nitrogens with one attached hydrogen (secondary N) is 1. The average molecular weight is 302 g/mol. The summed E-state index contributed by atoms with van der Waals surface area (Å²) in [5.74, 6) is 1.49. The van der Waals surface area contributed by atoms with Crippen LogP contribution in [0.1, 0.15) is 23.4 Å². The molecule has 2 aromatic rings. The lowest BCUT2D eigenvalue weighted by Crippen LogP contribution is -2.26. The van der Waals surface area contributed by atoms with Gasteiger partial charge in [0, 0.05) is 22.0 Å². The highest BCUT2D eigenvalue weighted by molar-refractivity contribution is 6.30. The smallest absolute Gasteiger partial charge is 0.159 e. The van der Waals surface area contributed by atoms with Crippen LogP contribution in [0.3, 0.4) is 0 Å². The zero-order chi connectivity index (χ0) is 14.8. The molecule has 110 valence electrons. The Kier molecular flexibility index (Phi) is 4.22. The van der Waals surface area contributed by atoms with Crippen LogP contribution in [-0.2, 0) is 12.8 Å². The fourth-order valence-corrected chi connectivity index (χ4v) is 3.27. The first-order valence-electron chi connectivity index (χ1n) is 7.44. The molecule has 0 saturated heterocycles. The van der Waals surface area contributed by atoms with Gasteiger partial charge in [-0.25, -0.2) is 9.97 Å². The number of nitrogens with zero attached hydrogens (tertiary/aromatic N) is 2. The van der Waals surface area contributed by atoms with E-state index < -0.39 is 0 Å². The summed E-state index contributed by atoms with van der Waals surface area (Å²) in [6.45, 7) is 3.16. The number of hydrogen-bond acceptors (Lipinski definition) is 3. The van der Waals surface area contributed by atoms with Crippen molar-refractivity contribution in [1.82, 2.24) is 15.3 Å². The summed E-state index contributed by atoms with van der Waals surface area (Å²) in [6.07, 6.45) is 3.32. The summed E-state index contributed by atoms with van der Waals surface area (Å²) in [5, 5.41) is 4.00. The molecule has 3 nitrogen and oxygen atoms in total. The molecule has 0 bridgehead atoms. The lowest BCUT2D eigenvalue weighted by atomic mass is 9.85. The Bertz CT molecular complexity index is 654. The van der Waals surface area contributed by atoms with Crippen molar-refractivity contribution in [1.29, 1.82) is 0 Å². The zero-order valence-electron chi connectivity index (χ0n) is 12.5. The van der Waals surface area contributed by atoms with E-state index in [0.717, 1.165) is 41.5 Å². The first-order chi connectivity index (χ1) is 10.2. The predicted molar refractivity (Wildman–Crippen MR) is 86.7 cm³/mol. The van der Waals surface area contributed by atoms with E-state index in [4.69, 9.17) is 21.6 Å². The second-order valence-corrected chi connectivity index (χ2v) is 6.17. The number of halogens is 1. The van der Waals surface area contributed by atoms with Crippen LogP contribution in [0.5, 0.6) is 0 Å². The summed E-state index contributed by atoms with van der Waals surface area (Å²) >= 11 is 6.07. The quantitative estimate of drug-likeness (QED) is 0.944. The summed E-state index contributed by atoms with van der Waals surface area (Å²) < 4.78 is 0. The fraction of sp³-hybridized carbons (Fsp3) is 0.412. The zero-order valence-corrected chi connectivity index (χ0v) is 13.2. The predicted octanol–water partition coefficient (Wildman–Crippen LogP) is 3.43. The van der Waals surface area contributed by atoms with Crippen molar-refractivity contribution >= 4 is 11.6 Å². The minimum absolute atomic E-state index is 0.696. The minimum Gasteiger partial charge on any atom is -0.319 e. The van der Waals surface area contributed by atoms with E-state index in [9.17, 15) is 0 Å². The normalized spacial score (nSPS) is 17.6. The molecule has 0 radical (unpaired) electrons. The van der Waals surface area contributed by atoms with Crippen molar-refractivity contribution in [2.45, 2.75) is 26.2 Å². The van der Waals surface area contributed by atoms with E-state index in [1.54, 1.807) is 0 Å². The molecule has 0 spiro atoms. The second kappa shape index (κ2) is 6.12. The molecule has 1 N–H and O–H groups in total. The van der Waals surface area contributed by atoms with Gasteiger partial charge in [-0.1, -0.05) is 23.7 Å². The lowest BCUT2D eigenvalue weighted by molar-refractivity contribution is 0.433. The van der Waals surface area contributed by atoms with Gasteiger partial charge in [0.1, 0.15) is 0 Å². The third-order valence-electron chi connectivity index (χ3n) is 4.16. The Hall–Kier alpha value is -1.45. The molecule has 21 heavy (non-hydrogen) atoms. The Balaban J connectivity index is 1.96. The summed E-state index contributed by atoms with van der Waals surface area (Å²) in [7, 11) is 2.01. The minimum atomic E-state index is 0.696. The Morgan fingerprint density at radius 1 is 1.33 bits per heavy atom. The molecule has 1 aromatic carbocycles. The molecule has 3 rings (SSSR count). The van der Waals surface area contributed by atoms with Gasteiger partial charge < -0.3 is 5.32 Å². The van der Waals surface area contributed by atoms with Gasteiger partial charge in [-0.2, -0.15) is 0 Å². The van der Waals surface area contributed by atoms with Gasteiger partial charge in [0.25, 0.3) is 0 Å². The van der Waals surface area contributed by atoms with Gasteiger partial charge >= 0.3 is 0 Å². The SMILES string of the molecule is CNCC1CCc2nc(-c3cccc(Cl)c3)nc(C)c2C1. The second-order valence-electron chi connectivity index (χ2n) is 5.73. The maximum absolute atomic E-state index is 6.07. The third-order valence-corrected chi connectivity index (χ3v) is 4.39. The van der Waals surface area contributed by atoms with Crippen LogP contribution in [0, 0.1) is 12.8 Å². The van der Waals surface area contributed by atoms with Crippen LogP contribution in [0.4, 0.5) is 0 Å². The monoisotopic (exact) mass is 301 g/mol. The van der Waals surface area contributed by atoms with Crippen LogP contribution in [-0.4, -0.2) is 23.6 Å². The van der Waals surface area contributed by atoms with Gasteiger partial charge in [0.2, 0.25) is 0 Å². The highest BCUT2D eigenvalue weighted by Crippen LogP contribution is 2.28. The molecule has 1 aliphatic rings. The summed E-state index contributed by atoms with van der Waals surface area (Å²) in [6, 6.07) is 7.76. The van der Waals surface area contributed by atoms with Gasteiger partial charge in [0.15, 0.2) is 5.82 Å². The molecule has 1 atom stereocenters. The van der Waals surface area contributed by atoms with Crippen molar-refractivity contribution in [3.63, 3.8) is 0 Å². The molecule has 0 saturated carbocycles. The van der Waals surface area contributed by atoms with Gasteiger partial charge in [-0.05, 0) is 63.4 Å². The average Bonchev–Trinajstić information content (AvgIpc) is 2.48. The van der Waals surface area contributed by atoms with Crippen molar-refractivity contribution in [2.75, 3.05) is 13.6 Å². The van der Waals surface area contributed by atoms with E-state index in [1.165, 1.54) is 17.7 Å². The van der Waals surface area contributed by atoms with E-state index >= 15 is 0 Å². The molecule has 0 fully saturated rings. The van der Waals surface area contributed by atoms with Crippen LogP contribution < -0.4 is 5.32 Å². The Morgan fingerprint density at radius 3 is 2.95 bits per heavy atom. The van der Waals surface area contributed by atoms with Crippen molar-refractivity contribution < 1.29 is 0 Å². The number of aromatic nitrogens is 2. The first kappa shape index (κ1) is 14.5. The first-order valence-corrected chi connectivity index (χ1v) is 7.82. The molecule has 4 heteroatoms. The van der Waals surface area contributed by atoms with E-state index in [2.05, 4.69) is 12.2 Å². The van der Waals surface area contributed by atoms with Crippen LogP contribution in [0.2, 0.25) is 5.02 Å². The van der Waals surface area contributed by atoms with Gasteiger partial charge in [0.05, 0.1) is 0 Å². The van der Waals surface area contributed by atoms with E-state index in [1.807, 2.05) is 31.3 Å². The van der Waals surface area contributed by atoms with E-state index in [0.29, 0.717) is 5.92 Å². The van der Waals surface area contributed by atoms with Crippen LogP contribution in [0.25, 0.3) is 11.4 Å². The summed E-state index contributed by atoms with van der Waals surface area (Å²) in [5.41, 5.74) is 4.65. The maximum Gasteiger partial charge on any atom is 0.159 e. The van der Waals surface area contributed by atoms with Crippen molar-refractivity contribution in [3.8, 4) is 11.4 Å². The number of fused-ring (bicyclic) bond motifs is 1. The third kappa shape index (κ3) is 3.09. The molecule has 1 heterocycles.